The van der Waals surface area contributed by atoms with Gasteiger partial charge in [-0.1, -0.05) is 6.07 Å². The van der Waals surface area contributed by atoms with Gasteiger partial charge in [0.1, 0.15) is 12.2 Å². The smallest absolute Gasteiger partial charge is 0.305 e. The van der Waals surface area contributed by atoms with Gasteiger partial charge in [-0.25, -0.2) is 4.98 Å². The summed E-state index contributed by atoms with van der Waals surface area (Å²) < 4.78 is 106. The van der Waals surface area contributed by atoms with E-state index in [1.54, 1.807) is 19.0 Å². The van der Waals surface area contributed by atoms with Gasteiger partial charge in [-0.15, -0.1) is 0 Å². The van der Waals surface area contributed by atoms with Gasteiger partial charge in [0.25, 0.3) is 5.56 Å². The summed E-state index contributed by atoms with van der Waals surface area (Å²) in [6.07, 6.45) is -8.59. The molecule has 0 unspecified atom stereocenters. The quantitative estimate of drug-likeness (QED) is 0.533. The second-order valence-corrected chi connectivity index (χ2v) is 7.27. The molecule has 0 saturated carbocycles. The van der Waals surface area contributed by atoms with E-state index in [1.807, 2.05) is 0 Å². The van der Waals surface area contributed by atoms with Gasteiger partial charge in [0.2, 0.25) is 0 Å². The summed E-state index contributed by atoms with van der Waals surface area (Å²) in [5.74, 6) is -5.18. The minimum Gasteiger partial charge on any atom is -0.305 e. The van der Waals surface area contributed by atoms with Crippen molar-refractivity contribution in [3.63, 3.8) is 0 Å². The standard InChI is InChI=1S/C18H15F8N5O/c1-29(2)6-10-3-4-12-28-14(17(21,22)23)13(15(32)31(12)7-10)11-5-27-30(8-11)9-16(19,20)18(24,25)26/h3-5,7-8H,6,9H2,1-2H3. The Morgan fingerprint density at radius 3 is 2.22 bits per heavy atom. The number of rotatable bonds is 5. The number of pyridine rings is 1. The van der Waals surface area contributed by atoms with Gasteiger partial charge in [0.05, 0.1) is 11.8 Å². The predicted octanol–water partition coefficient (Wildman–Crippen LogP) is 3.84. The predicted molar refractivity (Wildman–Crippen MR) is 96.1 cm³/mol. The molecule has 0 amide bonds. The average Bonchev–Trinajstić information content (AvgIpc) is 3.07. The minimum absolute atomic E-state index is 0.125. The Morgan fingerprint density at radius 1 is 1.00 bits per heavy atom. The molecule has 0 fully saturated rings. The lowest BCUT2D eigenvalue weighted by molar-refractivity contribution is -0.287. The molecular formula is C18H15F8N5O. The molecule has 3 rings (SSSR count). The maximum atomic E-state index is 13.6. The SMILES string of the molecule is CN(C)Cc1ccc2nc(C(F)(F)F)c(-c3cnn(CC(F)(F)C(F)(F)F)c3)c(=O)n2c1. The van der Waals surface area contributed by atoms with Crippen molar-refractivity contribution < 1.29 is 35.1 Å². The summed E-state index contributed by atoms with van der Waals surface area (Å²) in [4.78, 5) is 18.2. The van der Waals surface area contributed by atoms with Crippen LogP contribution in [-0.2, 0) is 19.3 Å². The van der Waals surface area contributed by atoms with Crippen LogP contribution in [0.1, 0.15) is 11.3 Å². The zero-order valence-electron chi connectivity index (χ0n) is 16.5. The zero-order chi connectivity index (χ0) is 24.1. The van der Waals surface area contributed by atoms with E-state index < -0.39 is 47.2 Å². The first-order valence-electron chi connectivity index (χ1n) is 8.85. The molecule has 0 atom stereocenters. The summed E-state index contributed by atoms with van der Waals surface area (Å²) in [5, 5.41) is 3.28. The maximum absolute atomic E-state index is 13.6. The first-order valence-corrected chi connectivity index (χ1v) is 8.85. The number of halogens is 8. The van der Waals surface area contributed by atoms with Gasteiger partial charge in [0, 0.05) is 24.5 Å². The molecule has 32 heavy (non-hydrogen) atoms. The number of nitrogens with zero attached hydrogens (tertiary/aromatic N) is 5. The molecule has 0 N–H and O–H groups in total. The number of fused-ring (bicyclic) bond motifs is 1. The van der Waals surface area contributed by atoms with E-state index in [4.69, 9.17) is 0 Å². The molecule has 3 aromatic heterocycles. The third kappa shape index (κ3) is 4.59. The molecule has 0 aromatic carbocycles. The van der Waals surface area contributed by atoms with E-state index in [1.165, 1.54) is 18.3 Å². The van der Waals surface area contributed by atoms with Crippen LogP contribution in [0.15, 0.2) is 35.5 Å². The lowest BCUT2D eigenvalue weighted by atomic mass is 10.1. The number of hydrogen-bond donors (Lipinski definition) is 0. The molecule has 3 heterocycles. The molecular weight excluding hydrogens is 454 g/mol. The molecule has 0 bridgehead atoms. The summed E-state index contributed by atoms with van der Waals surface area (Å²) in [6, 6.07) is 2.70. The van der Waals surface area contributed by atoms with Gasteiger partial charge in [0.15, 0.2) is 5.69 Å². The van der Waals surface area contributed by atoms with Crippen molar-refractivity contribution in [2.24, 2.45) is 0 Å². The first kappa shape index (κ1) is 23.6. The van der Waals surface area contributed by atoms with Gasteiger partial charge in [-0.2, -0.15) is 40.2 Å². The fourth-order valence-corrected chi connectivity index (χ4v) is 2.98. The van der Waals surface area contributed by atoms with Gasteiger partial charge >= 0.3 is 18.3 Å². The molecule has 6 nitrogen and oxygen atoms in total. The van der Waals surface area contributed by atoms with E-state index in [0.29, 0.717) is 24.5 Å². The van der Waals surface area contributed by atoms with E-state index in [2.05, 4.69) is 10.1 Å². The minimum atomic E-state index is -5.89. The molecule has 0 aliphatic carbocycles. The Morgan fingerprint density at radius 2 is 1.66 bits per heavy atom. The highest BCUT2D eigenvalue weighted by molar-refractivity contribution is 5.66. The zero-order valence-corrected chi connectivity index (χ0v) is 16.5. The van der Waals surface area contributed by atoms with E-state index in [9.17, 15) is 39.9 Å². The maximum Gasteiger partial charge on any atom is 0.455 e. The summed E-state index contributed by atoms with van der Waals surface area (Å²) in [7, 11) is 3.46. The van der Waals surface area contributed by atoms with Crippen LogP contribution in [-0.4, -0.2) is 50.3 Å². The Hall–Kier alpha value is -3.03. The molecule has 0 radical (unpaired) electrons. The largest absolute Gasteiger partial charge is 0.455 e. The number of aromatic nitrogens is 4. The van der Waals surface area contributed by atoms with Crippen molar-refractivity contribution in [1.82, 2.24) is 24.1 Å². The Labute approximate surface area is 174 Å². The van der Waals surface area contributed by atoms with Crippen molar-refractivity contribution in [2.75, 3.05) is 14.1 Å². The normalized spacial score (nSPS) is 13.3. The molecule has 174 valence electrons. The number of hydrogen-bond acceptors (Lipinski definition) is 4. The topological polar surface area (TPSA) is 55.4 Å². The van der Waals surface area contributed by atoms with Crippen LogP contribution in [0.4, 0.5) is 35.1 Å². The first-order chi connectivity index (χ1) is 14.6. The molecule has 0 aliphatic heterocycles. The summed E-state index contributed by atoms with van der Waals surface area (Å²) in [6.45, 7) is -1.61. The van der Waals surface area contributed by atoms with Crippen molar-refractivity contribution >= 4 is 5.65 Å². The molecule has 3 aromatic rings. The van der Waals surface area contributed by atoms with Crippen molar-refractivity contribution in [3.8, 4) is 11.1 Å². The Balaban J connectivity index is 2.17. The molecule has 0 spiro atoms. The lowest BCUT2D eigenvalue weighted by Gasteiger charge is -2.19. The van der Waals surface area contributed by atoms with Crippen LogP contribution in [0.25, 0.3) is 16.8 Å². The third-order valence-corrected chi connectivity index (χ3v) is 4.35. The fraction of sp³-hybridized carbons (Fsp3) is 0.389. The second kappa shape index (κ2) is 7.83. The average molecular weight is 469 g/mol. The van der Waals surface area contributed by atoms with Gasteiger partial charge < -0.3 is 4.90 Å². The number of alkyl halides is 8. The molecule has 0 saturated heterocycles. The highest BCUT2D eigenvalue weighted by Crippen LogP contribution is 2.37. The molecule has 14 heteroatoms. The highest BCUT2D eigenvalue weighted by atomic mass is 19.4. The highest BCUT2D eigenvalue weighted by Gasteiger charge is 2.57. The summed E-state index contributed by atoms with van der Waals surface area (Å²) in [5.41, 5.74) is -4.14. The Kier molecular flexibility index (Phi) is 5.78. The van der Waals surface area contributed by atoms with Crippen LogP contribution in [0, 0.1) is 0 Å². The second-order valence-electron chi connectivity index (χ2n) is 7.27. The van der Waals surface area contributed by atoms with Crippen LogP contribution in [0.5, 0.6) is 0 Å². The van der Waals surface area contributed by atoms with Gasteiger partial charge in [-0.3, -0.25) is 13.9 Å². The van der Waals surface area contributed by atoms with Crippen molar-refractivity contribution in [3.05, 3.63) is 52.3 Å². The van der Waals surface area contributed by atoms with Crippen LogP contribution in [0.2, 0.25) is 0 Å². The van der Waals surface area contributed by atoms with E-state index >= 15 is 0 Å². The van der Waals surface area contributed by atoms with Crippen LogP contribution < -0.4 is 5.56 Å². The van der Waals surface area contributed by atoms with Crippen LogP contribution >= 0.6 is 0 Å². The third-order valence-electron chi connectivity index (χ3n) is 4.35. The van der Waals surface area contributed by atoms with Crippen molar-refractivity contribution in [2.45, 2.75) is 31.4 Å². The van der Waals surface area contributed by atoms with Crippen LogP contribution in [0.3, 0.4) is 0 Å². The van der Waals surface area contributed by atoms with E-state index in [0.717, 1.165) is 4.40 Å². The monoisotopic (exact) mass is 469 g/mol. The van der Waals surface area contributed by atoms with Gasteiger partial charge in [-0.05, 0) is 25.7 Å². The lowest BCUT2D eigenvalue weighted by Crippen LogP contribution is -2.40. The molecule has 0 aliphatic rings. The van der Waals surface area contributed by atoms with E-state index in [-0.39, 0.29) is 10.3 Å². The fourth-order valence-electron chi connectivity index (χ4n) is 2.98. The van der Waals surface area contributed by atoms with Crippen molar-refractivity contribution in [1.29, 1.82) is 0 Å². The Bertz CT molecular complexity index is 1190. The summed E-state index contributed by atoms with van der Waals surface area (Å²) >= 11 is 0.